The molecule has 0 unspecified atom stereocenters. The van der Waals surface area contributed by atoms with E-state index >= 15 is 0 Å². The largest absolute Gasteiger partial charge is 0.481 e. The van der Waals surface area contributed by atoms with Crippen molar-refractivity contribution in [3.63, 3.8) is 0 Å². The maximum Gasteiger partial charge on any atom is 0.230 e. The Morgan fingerprint density at radius 2 is 2.31 bits per heavy atom. The first-order chi connectivity index (χ1) is 13.2. The third kappa shape index (κ3) is 4.44. The average Bonchev–Trinajstić information content (AvgIpc) is 3.17. The topological polar surface area (TPSA) is 89.5 Å². The van der Waals surface area contributed by atoms with Gasteiger partial charge in [0.1, 0.15) is 12.4 Å². The lowest BCUT2D eigenvalue weighted by Crippen LogP contribution is -2.28. The Hall–Kier alpha value is -2.33. The predicted octanol–water partition coefficient (Wildman–Crippen LogP) is 2.08. The molecule has 3 heterocycles. The molecule has 26 heavy (non-hydrogen) atoms. The Bertz CT molecular complexity index is 869. The van der Waals surface area contributed by atoms with E-state index in [2.05, 4.69) is 20.3 Å². The van der Waals surface area contributed by atoms with Crippen molar-refractivity contribution in [3.05, 3.63) is 23.2 Å². The van der Waals surface area contributed by atoms with Crippen LogP contribution >= 0.6 is 11.3 Å². The summed E-state index contributed by atoms with van der Waals surface area (Å²) in [5.41, 5.74) is 0. The number of likely N-dealkylation sites (tertiary alicyclic amines) is 1. The number of hydrogen-bond acceptors (Lipinski definition) is 8. The van der Waals surface area contributed by atoms with Crippen molar-refractivity contribution in [2.24, 2.45) is 0 Å². The fourth-order valence-corrected chi connectivity index (χ4v) is 3.40. The molecular formula is C16H20FN5O3S. The first-order valence-electron chi connectivity index (χ1n) is 8.94. The fraction of sp³-hybridized carbons (Fsp3) is 0.500. The molecule has 8 nitrogen and oxygen atoms in total. The third-order valence-corrected chi connectivity index (χ3v) is 4.61. The van der Waals surface area contributed by atoms with Crippen molar-refractivity contribution >= 4 is 22.4 Å². The van der Waals surface area contributed by atoms with Crippen molar-refractivity contribution in [2.75, 3.05) is 19.0 Å². The number of methoxy groups -OCH3 is 1. The smallest absolute Gasteiger partial charge is 0.230 e. The van der Waals surface area contributed by atoms with Crippen LogP contribution in [0.2, 0.25) is 0 Å². The number of nitrogens with zero attached hydrogens (tertiary/aromatic N) is 4. The number of carbonyl (C=O) groups is 1. The highest BCUT2D eigenvalue weighted by atomic mass is 32.1. The first kappa shape index (κ1) is 15.9. The van der Waals surface area contributed by atoms with Crippen LogP contribution in [0.4, 0.5) is 9.52 Å². The van der Waals surface area contributed by atoms with E-state index in [1.54, 1.807) is 6.07 Å². The molecule has 1 aliphatic heterocycles. The molecule has 1 N–H and O–H groups in total. The molecule has 1 saturated heterocycles. The lowest BCUT2D eigenvalue weighted by Gasteiger charge is -2.19. The summed E-state index contributed by atoms with van der Waals surface area (Å²) >= 11 is 0.781. The lowest BCUT2D eigenvalue weighted by molar-refractivity contribution is -0.114. The number of thiazole rings is 1. The monoisotopic (exact) mass is 383 g/mol. The van der Waals surface area contributed by atoms with Crippen LogP contribution in [-0.2, 0) is 11.3 Å². The number of hydrogen-bond donors (Lipinski definition) is 1. The van der Waals surface area contributed by atoms with Crippen molar-refractivity contribution in [2.45, 2.75) is 38.9 Å². The van der Waals surface area contributed by atoms with Gasteiger partial charge >= 0.3 is 0 Å². The minimum atomic E-state index is -2.11. The molecule has 0 saturated carbocycles. The molecule has 2 atom stereocenters. The summed E-state index contributed by atoms with van der Waals surface area (Å²) in [5, 5.41) is 2.41. The zero-order valence-electron chi connectivity index (χ0n) is 16.5. The van der Waals surface area contributed by atoms with Gasteiger partial charge in [0, 0.05) is 35.2 Å². The van der Waals surface area contributed by atoms with Gasteiger partial charge in [-0.1, -0.05) is 11.3 Å². The Kier molecular flexibility index (Phi) is 4.84. The van der Waals surface area contributed by atoms with Crippen LogP contribution in [0.15, 0.2) is 12.4 Å². The van der Waals surface area contributed by atoms with Crippen LogP contribution in [0.1, 0.15) is 27.9 Å². The maximum absolute atomic E-state index is 14.3. The molecule has 0 radical (unpaired) electrons. The molecule has 2 aromatic rings. The summed E-state index contributed by atoms with van der Waals surface area (Å²) in [7, 11) is 1.48. The van der Waals surface area contributed by atoms with Gasteiger partial charge in [-0.15, -0.1) is 0 Å². The van der Waals surface area contributed by atoms with E-state index in [0.717, 1.165) is 11.3 Å². The molecular weight excluding hydrogens is 361 g/mol. The Labute approximate surface area is 157 Å². The molecule has 1 amide bonds. The minimum Gasteiger partial charge on any atom is -0.481 e. The SMILES string of the molecule is [2H]C([2H])(c1sc(NC(C)=O)nc1F)N1C[C@H](Oc2cc(OC)ncn2)C[C@@H]1C. The van der Waals surface area contributed by atoms with Crippen LogP contribution in [0.3, 0.4) is 0 Å². The molecule has 1 aliphatic rings. The van der Waals surface area contributed by atoms with Crippen LogP contribution in [-0.4, -0.2) is 51.6 Å². The van der Waals surface area contributed by atoms with Gasteiger partial charge < -0.3 is 14.8 Å². The summed E-state index contributed by atoms with van der Waals surface area (Å²) in [6.45, 7) is 1.24. The molecule has 0 spiro atoms. The van der Waals surface area contributed by atoms with Crippen molar-refractivity contribution in [1.29, 1.82) is 0 Å². The van der Waals surface area contributed by atoms with Gasteiger partial charge in [0.25, 0.3) is 0 Å². The molecule has 3 rings (SSSR count). The van der Waals surface area contributed by atoms with Crippen molar-refractivity contribution in [3.8, 4) is 11.8 Å². The van der Waals surface area contributed by atoms with Crippen molar-refractivity contribution < 1.29 is 21.4 Å². The van der Waals surface area contributed by atoms with Crippen LogP contribution in [0.5, 0.6) is 11.8 Å². The summed E-state index contributed by atoms with van der Waals surface area (Å²) < 4.78 is 42.1. The fourth-order valence-electron chi connectivity index (χ4n) is 2.60. The van der Waals surface area contributed by atoms with E-state index in [9.17, 15) is 9.18 Å². The van der Waals surface area contributed by atoms with E-state index in [-0.39, 0.29) is 28.7 Å². The van der Waals surface area contributed by atoms with Crippen LogP contribution in [0, 0.1) is 5.95 Å². The zero-order chi connectivity index (χ0) is 20.5. The normalized spacial score (nSPS) is 21.8. The highest BCUT2D eigenvalue weighted by Gasteiger charge is 2.32. The van der Waals surface area contributed by atoms with E-state index in [1.165, 1.54) is 25.3 Å². The molecule has 10 heteroatoms. The third-order valence-electron chi connectivity index (χ3n) is 3.76. The Morgan fingerprint density at radius 3 is 3.04 bits per heavy atom. The lowest BCUT2D eigenvalue weighted by atomic mass is 10.2. The quantitative estimate of drug-likeness (QED) is 0.817. The highest BCUT2D eigenvalue weighted by Crippen LogP contribution is 2.28. The molecule has 0 aromatic carbocycles. The van der Waals surface area contributed by atoms with Gasteiger partial charge in [-0.3, -0.25) is 9.69 Å². The molecule has 0 bridgehead atoms. The molecule has 140 valence electrons. The summed E-state index contributed by atoms with van der Waals surface area (Å²) in [6, 6.07) is 1.33. The van der Waals surface area contributed by atoms with Gasteiger partial charge in [0.15, 0.2) is 5.13 Å². The number of aromatic nitrogens is 3. The average molecular weight is 383 g/mol. The number of anilines is 1. The minimum absolute atomic E-state index is 0.0246. The summed E-state index contributed by atoms with van der Waals surface area (Å²) in [5.74, 6) is -0.649. The second-order valence-electron chi connectivity index (χ2n) is 5.81. The van der Waals surface area contributed by atoms with E-state index in [1.807, 2.05) is 6.92 Å². The number of ether oxygens (including phenoxy) is 2. The van der Waals surface area contributed by atoms with E-state index < -0.39 is 18.4 Å². The summed E-state index contributed by atoms with van der Waals surface area (Å²) in [6.07, 6.45) is 1.51. The first-order valence-corrected chi connectivity index (χ1v) is 8.76. The standard InChI is InChI=1S/C16H20FN5O3S/c1-9-4-11(25-14-5-13(24-3)18-8-19-14)6-22(9)7-12-15(17)21-16(26-12)20-10(2)23/h5,8-9,11H,4,6-7H2,1-3H3,(H,20,21,23)/t9-,11+/m0/s1/i7D2. The number of carbonyl (C=O) groups excluding carboxylic acids is 1. The predicted molar refractivity (Wildman–Crippen MR) is 93.9 cm³/mol. The number of amides is 1. The van der Waals surface area contributed by atoms with Gasteiger partial charge in [0.2, 0.25) is 23.6 Å². The zero-order valence-corrected chi connectivity index (χ0v) is 15.3. The second-order valence-corrected chi connectivity index (χ2v) is 6.81. The number of halogens is 1. The van der Waals surface area contributed by atoms with Gasteiger partial charge in [-0.2, -0.15) is 9.37 Å². The second kappa shape index (κ2) is 7.92. The van der Waals surface area contributed by atoms with E-state index in [4.69, 9.17) is 12.2 Å². The molecule has 1 fully saturated rings. The van der Waals surface area contributed by atoms with Gasteiger partial charge in [0.05, 0.1) is 18.1 Å². The van der Waals surface area contributed by atoms with Gasteiger partial charge in [-0.05, 0) is 6.92 Å². The van der Waals surface area contributed by atoms with Gasteiger partial charge in [-0.25, -0.2) is 9.97 Å². The molecule has 0 aliphatic carbocycles. The Morgan fingerprint density at radius 1 is 1.54 bits per heavy atom. The maximum atomic E-state index is 14.3. The van der Waals surface area contributed by atoms with Crippen molar-refractivity contribution in [1.82, 2.24) is 19.9 Å². The number of rotatable bonds is 6. The molecule has 2 aromatic heterocycles. The van der Waals surface area contributed by atoms with E-state index in [0.29, 0.717) is 18.2 Å². The van der Waals surface area contributed by atoms with Crippen LogP contribution < -0.4 is 14.8 Å². The Balaban J connectivity index is 1.75. The highest BCUT2D eigenvalue weighted by molar-refractivity contribution is 7.15. The van der Waals surface area contributed by atoms with Crippen LogP contribution in [0.25, 0.3) is 0 Å². The number of nitrogens with one attached hydrogen (secondary N) is 1. The summed E-state index contributed by atoms with van der Waals surface area (Å²) in [4.78, 5) is 24.0.